The highest BCUT2D eigenvalue weighted by Gasteiger charge is 2.57. The van der Waals surface area contributed by atoms with Crippen LogP contribution in [0.2, 0.25) is 0 Å². The summed E-state index contributed by atoms with van der Waals surface area (Å²) in [5.74, 6) is -0.538. The molecular weight excluding hydrogens is 327 g/mol. The number of aromatic nitrogens is 3. The molecule has 24 heavy (non-hydrogen) atoms. The van der Waals surface area contributed by atoms with Gasteiger partial charge in [-0.25, -0.2) is 9.78 Å². The van der Waals surface area contributed by atoms with Gasteiger partial charge in [-0.1, -0.05) is 0 Å². The highest BCUT2D eigenvalue weighted by Crippen LogP contribution is 2.40. The van der Waals surface area contributed by atoms with E-state index >= 15 is 0 Å². The number of pyridine rings is 1. The average Bonchev–Trinajstić information content (AvgIpc) is 2.93. The number of carbonyl (C=O) groups excluding carboxylic acids is 1. The van der Waals surface area contributed by atoms with Crippen molar-refractivity contribution in [2.24, 2.45) is 7.05 Å². The van der Waals surface area contributed by atoms with Gasteiger partial charge in [-0.15, -0.1) is 0 Å². The Morgan fingerprint density at radius 1 is 1.38 bits per heavy atom. The second-order valence-electron chi connectivity index (χ2n) is 5.09. The van der Waals surface area contributed by atoms with E-state index in [2.05, 4.69) is 20.6 Å². The van der Waals surface area contributed by atoms with Crippen LogP contribution in [-0.4, -0.2) is 38.4 Å². The fourth-order valence-corrected chi connectivity index (χ4v) is 2.11. The first kappa shape index (κ1) is 17.7. The Bertz CT molecular complexity index is 689. The number of imidazole rings is 1. The molecule has 2 amide bonds. The Hall–Kier alpha value is -2.62. The summed E-state index contributed by atoms with van der Waals surface area (Å²) in [7, 11) is 1.35. The smallest absolute Gasteiger partial charge is 0.374 e. The molecule has 0 unspecified atom stereocenters. The van der Waals surface area contributed by atoms with Gasteiger partial charge in [-0.2, -0.15) is 13.2 Å². The molecule has 1 atom stereocenters. The Balaban J connectivity index is 1.99. The van der Waals surface area contributed by atoms with Gasteiger partial charge in [0.25, 0.3) is 0 Å². The van der Waals surface area contributed by atoms with Crippen LogP contribution in [0.25, 0.3) is 0 Å². The standard InChI is InChI=1S/C14H16F3N5O2/c1-22-8-7-19-11(22)13(24,14(15,16)17)4-6-20-12(23)21-10-3-2-5-18-9-10/h2-3,5,7-9,24H,4,6H2,1H3,(H2,20,21,23)/t13-/m0/s1. The quantitative estimate of drug-likeness (QED) is 0.772. The van der Waals surface area contributed by atoms with E-state index in [1.54, 1.807) is 12.1 Å². The summed E-state index contributed by atoms with van der Waals surface area (Å²) in [6.07, 6.45) is -0.350. The van der Waals surface area contributed by atoms with Crippen LogP contribution in [-0.2, 0) is 12.6 Å². The molecule has 2 aromatic heterocycles. The minimum atomic E-state index is -4.94. The number of hydrogen-bond acceptors (Lipinski definition) is 4. The van der Waals surface area contributed by atoms with Gasteiger partial charge in [-0.05, 0) is 12.1 Å². The second kappa shape index (κ2) is 6.87. The number of amides is 2. The Morgan fingerprint density at radius 2 is 2.12 bits per heavy atom. The van der Waals surface area contributed by atoms with Gasteiger partial charge in [0.15, 0.2) is 0 Å². The van der Waals surface area contributed by atoms with E-state index in [1.807, 2.05) is 0 Å². The lowest BCUT2D eigenvalue weighted by atomic mass is 9.97. The molecule has 0 saturated carbocycles. The van der Waals surface area contributed by atoms with Gasteiger partial charge in [0.2, 0.25) is 5.60 Å². The van der Waals surface area contributed by atoms with Crippen LogP contribution in [0.1, 0.15) is 12.2 Å². The predicted molar refractivity (Wildman–Crippen MR) is 79.0 cm³/mol. The summed E-state index contributed by atoms with van der Waals surface area (Å²) in [5.41, 5.74) is -2.77. The molecule has 0 aliphatic carbocycles. The summed E-state index contributed by atoms with van der Waals surface area (Å²) in [5, 5.41) is 14.8. The molecule has 130 valence electrons. The van der Waals surface area contributed by atoms with E-state index in [1.165, 1.54) is 25.6 Å². The molecule has 0 radical (unpaired) electrons. The molecule has 0 fully saturated rings. The molecule has 10 heteroatoms. The SMILES string of the molecule is Cn1ccnc1[C@@](O)(CCNC(=O)Nc1cccnc1)C(F)(F)F. The number of carbonyl (C=O) groups is 1. The first-order valence-corrected chi connectivity index (χ1v) is 6.96. The minimum absolute atomic E-state index is 0.394. The number of anilines is 1. The van der Waals surface area contributed by atoms with Crippen molar-refractivity contribution in [3.63, 3.8) is 0 Å². The first-order chi connectivity index (χ1) is 11.2. The summed E-state index contributed by atoms with van der Waals surface area (Å²) >= 11 is 0. The molecule has 2 rings (SSSR count). The van der Waals surface area contributed by atoms with Gasteiger partial charge in [0.05, 0.1) is 11.9 Å². The number of alkyl halides is 3. The van der Waals surface area contributed by atoms with Crippen LogP contribution in [0.4, 0.5) is 23.7 Å². The minimum Gasteiger partial charge on any atom is -0.374 e. The van der Waals surface area contributed by atoms with Crippen molar-refractivity contribution in [1.82, 2.24) is 19.9 Å². The maximum atomic E-state index is 13.3. The van der Waals surface area contributed by atoms with Crippen LogP contribution in [0, 0.1) is 0 Å². The molecule has 2 aromatic rings. The number of halogens is 3. The monoisotopic (exact) mass is 343 g/mol. The van der Waals surface area contributed by atoms with Gasteiger partial charge in [0.1, 0.15) is 5.82 Å². The average molecular weight is 343 g/mol. The van der Waals surface area contributed by atoms with Crippen LogP contribution in [0.3, 0.4) is 0 Å². The number of rotatable bonds is 5. The van der Waals surface area contributed by atoms with Crippen molar-refractivity contribution >= 4 is 11.7 Å². The van der Waals surface area contributed by atoms with Crippen molar-refractivity contribution in [1.29, 1.82) is 0 Å². The van der Waals surface area contributed by atoms with Gasteiger partial charge in [-0.3, -0.25) is 4.98 Å². The normalized spacial score (nSPS) is 14.0. The van der Waals surface area contributed by atoms with Crippen molar-refractivity contribution in [3.8, 4) is 0 Å². The van der Waals surface area contributed by atoms with E-state index in [4.69, 9.17) is 0 Å². The lowest BCUT2D eigenvalue weighted by molar-refractivity contribution is -0.272. The summed E-state index contributed by atoms with van der Waals surface area (Å²) in [4.78, 5) is 19.0. The zero-order chi connectivity index (χ0) is 17.8. The van der Waals surface area contributed by atoms with E-state index in [-0.39, 0.29) is 0 Å². The molecule has 0 aromatic carbocycles. The van der Waals surface area contributed by atoms with E-state index < -0.39 is 36.6 Å². The topological polar surface area (TPSA) is 92.1 Å². The molecule has 3 N–H and O–H groups in total. The second-order valence-corrected chi connectivity index (χ2v) is 5.09. The highest BCUT2D eigenvalue weighted by molar-refractivity contribution is 5.88. The van der Waals surface area contributed by atoms with Crippen molar-refractivity contribution < 1.29 is 23.1 Å². The lowest BCUT2D eigenvalue weighted by Crippen LogP contribution is -2.47. The number of aryl methyl sites for hydroxylation is 1. The van der Waals surface area contributed by atoms with Crippen LogP contribution < -0.4 is 10.6 Å². The van der Waals surface area contributed by atoms with Crippen LogP contribution in [0.15, 0.2) is 36.9 Å². The summed E-state index contributed by atoms with van der Waals surface area (Å²) in [6, 6.07) is 2.47. The largest absolute Gasteiger partial charge is 0.424 e. The van der Waals surface area contributed by atoms with Gasteiger partial charge in [0, 0.05) is 38.6 Å². The van der Waals surface area contributed by atoms with Crippen LogP contribution >= 0.6 is 0 Å². The molecule has 0 aliphatic rings. The number of urea groups is 1. The maximum Gasteiger partial charge on any atom is 0.424 e. The zero-order valence-electron chi connectivity index (χ0n) is 12.7. The fraction of sp³-hybridized carbons (Fsp3) is 0.357. The molecule has 0 bridgehead atoms. The Kier molecular flexibility index (Phi) is 5.07. The van der Waals surface area contributed by atoms with Crippen molar-refractivity contribution in [2.75, 3.05) is 11.9 Å². The fourth-order valence-electron chi connectivity index (χ4n) is 2.11. The highest BCUT2D eigenvalue weighted by atomic mass is 19.4. The Morgan fingerprint density at radius 3 is 2.67 bits per heavy atom. The third-order valence-corrected chi connectivity index (χ3v) is 3.35. The Labute approximate surface area is 135 Å². The molecular formula is C14H16F3N5O2. The predicted octanol–water partition coefficient (Wildman–Crippen LogP) is 1.78. The van der Waals surface area contributed by atoms with Gasteiger partial charge < -0.3 is 20.3 Å². The summed E-state index contributed by atoms with van der Waals surface area (Å²) in [6.45, 7) is -0.408. The lowest BCUT2D eigenvalue weighted by Gasteiger charge is -2.29. The van der Waals surface area contributed by atoms with E-state index in [0.29, 0.717) is 5.69 Å². The molecule has 0 saturated heterocycles. The summed E-state index contributed by atoms with van der Waals surface area (Å²) < 4.78 is 40.9. The number of aliphatic hydroxyl groups is 1. The third kappa shape index (κ3) is 3.82. The van der Waals surface area contributed by atoms with Crippen LogP contribution in [0.5, 0.6) is 0 Å². The first-order valence-electron chi connectivity index (χ1n) is 6.96. The van der Waals surface area contributed by atoms with E-state index in [0.717, 1.165) is 10.8 Å². The van der Waals surface area contributed by atoms with Crippen molar-refractivity contribution in [3.05, 3.63) is 42.7 Å². The number of hydrogen-bond donors (Lipinski definition) is 3. The number of nitrogens with zero attached hydrogens (tertiary/aromatic N) is 3. The molecule has 0 aliphatic heterocycles. The van der Waals surface area contributed by atoms with Gasteiger partial charge >= 0.3 is 12.2 Å². The third-order valence-electron chi connectivity index (χ3n) is 3.35. The zero-order valence-corrected chi connectivity index (χ0v) is 12.7. The van der Waals surface area contributed by atoms with E-state index in [9.17, 15) is 23.1 Å². The molecule has 2 heterocycles. The molecule has 0 spiro atoms. The number of nitrogens with one attached hydrogen (secondary N) is 2. The maximum absolute atomic E-state index is 13.3. The van der Waals surface area contributed by atoms with Crippen molar-refractivity contribution in [2.45, 2.75) is 18.2 Å². The molecule has 7 nitrogen and oxygen atoms in total.